The molecule has 1 aliphatic carbocycles. The molecule has 1 aliphatic rings. The minimum Gasteiger partial charge on any atom is -0.314 e. The minimum absolute atomic E-state index is 0.556. The third-order valence-corrected chi connectivity index (χ3v) is 4.47. The van der Waals surface area contributed by atoms with Crippen molar-refractivity contribution >= 4 is 11.3 Å². The maximum atomic E-state index is 4.38. The molecule has 1 heterocycles. The van der Waals surface area contributed by atoms with Gasteiger partial charge in [0.15, 0.2) is 0 Å². The van der Waals surface area contributed by atoms with Gasteiger partial charge in [-0.1, -0.05) is 33.1 Å². The highest BCUT2D eigenvalue weighted by atomic mass is 32.1. The summed E-state index contributed by atoms with van der Waals surface area (Å²) in [5.41, 5.74) is 0. The SMILES string of the molecule is CC(C)NCCc1nnc(C2CCCCC2)s1. The summed E-state index contributed by atoms with van der Waals surface area (Å²) in [7, 11) is 0. The van der Waals surface area contributed by atoms with Crippen molar-refractivity contribution in [3.8, 4) is 0 Å². The van der Waals surface area contributed by atoms with Crippen molar-refractivity contribution in [2.45, 2.75) is 64.3 Å². The van der Waals surface area contributed by atoms with Gasteiger partial charge in [0.2, 0.25) is 0 Å². The second-order valence-electron chi connectivity index (χ2n) is 5.23. The molecular weight excluding hydrogens is 230 g/mol. The number of hydrogen-bond acceptors (Lipinski definition) is 4. The molecule has 3 nitrogen and oxygen atoms in total. The number of hydrogen-bond donors (Lipinski definition) is 1. The molecule has 0 saturated heterocycles. The van der Waals surface area contributed by atoms with Crippen molar-refractivity contribution in [1.82, 2.24) is 15.5 Å². The molecule has 96 valence electrons. The van der Waals surface area contributed by atoms with Gasteiger partial charge in [-0.05, 0) is 12.8 Å². The van der Waals surface area contributed by atoms with E-state index in [9.17, 15) is 0 Å². The molecule has 1 aromatic heterocycles. The Kier molecular flexibility index (Phi) is 4.92. The summed E-state index contributed by atoms with van der Waals surface area (Å²) in [4.78, 5) is 0. The zero-order valence-corrected chi connectivity index (χ0v) is 11.7. The molecule has 0 aromatic carbocycles. The lowest BCUT2D eigenvalue weighted by Crippen LogP contribution is -2.24. The smallest absolute Gasteiger partial charge is 0.120 e. The first-order chi connectivity index (χ1) is 8.25. The fourth-order valence-electron chi connectivity index (χ4n) is 2.35. The van der Waals surface area contributed by atoms with E-state index in [-0.39, 0.29) is 0 Å². The van der Waals surface area contributed by atoms with E-state index in [1.807, 2.05) is 11.3 Å². The maximum absolute atomic E-state index is 4.38. The molecule has 0 bridgehead atoms. The van der Waals surface area contributed by atoms with Crippen molar-refractivity contribution in [3.05, 3.63) is 10.0 Å². The molecule has 0 radical (unpaired) electrons. The first-order valence-corrected chi connectivity index (χ1v) is 7.63. The van der Waals surface area contributed by atoms with E-state index in [1.54, 1.807) is 0 Å². The Morgan fingerprint density at radius 2 is 2.00 bits per heavy atom. The van der Waals surface area contributed by atoms with Crippen LogP contribution < -0.4 is 5.32 Å². The quantitative estimate of drug-likeness (QED) is 0.876. The zero-order chi connectivity index (χ0) is 12.1. The van der Waals surface area contributed by atoms with Crippen LogP contribution in [0.25, 0.3) is 0 Å². The van der Waals surface area contributed by atoms with Gasteiger partial charge in [0.1, 0.15) is 10.0 Å². The first kappa shape index (κ1) is 13.0. The second kappa shape index (κ2) is 6.45. The van der Waals surface area contributed by atoms with E-state index in [0.717, 1.165) is 13.0 Å². The van der Waals surface area contributed by atoms with E-state index in [1.165, 1.54) is 42.1 Å². The largest absolute Gasteiger partial charge is 0.314 e. The summed E-state index contributed by atoms with van der Waals surface area (Å²) >= 11 is 1.83. The van der Waals surface area contributed by atoms with Crippen LogP contribution in [0.4, 0.5) is 0 Å². The van der Waals surface area contributed by atoms with Crippen LogP contribution in [0.3, 0.4) is 0 Å². The number of nitrogens with zero attached hydrogens (tertiary/aromatic N) is 2. The summed E-state index contributed by atoms with van der Waals surface area (Å²) in [6.45, 7) is 5.36. The third kappa shape index (κ3) is 4.03. The molecular formula is C13H23N3S. The molecule has 1 fully saturated rings. The Labute approximate surface area is 108 Å². The van der Waals surface area contributed by atoms with Crippen LogP contribution in [0.15, 0.2) is 0 Å². The summed E-state index contributed by atoms with van der Waals surface area (Å²) in [6.07, 6.45) is 7.80. The van der Waals surface area contributed by atoms with E-state index in [2.05, 4.69) is 29.4 Å². The van der Waals surface area contributed by atoms with Crippen LogP contribution in [-0.2, 0) is 6.42 Å². The molecule has 17 heavy (non-hydrogen) atoms. The topological polar surface area (TPSA) is 37.8 Å². The second-order valence-corrected chi connectivity index (χ2v) is 6.32. The Morgan fingerprint density at radius 1 is 1.24 bits per heavy atom. The zero-order valence-electron chi connectivity index (χ0n) is 10.9. The van der Waals surface area contributed by atoms with Crippen molar-refractivity contribution in [2.75, 3.05) is 6.54 Å². The fraction of sp³-hybridized carbons (Fsp3) is 0.846. The van der Waals surface area contributed by atoms with Crippen molar-refractivity contribution < 1.29 is 0 Å². The summed E-state index contributed by atoms with van der Waals surface area (Å²) in [5, 5.41) is 14.6. The van der Waals surface area contributed by atoms with E-state index in [0.29, 0.717) is 12.0 Å². The van der Waals surface area contributed by atoms with Crippen LogP contribution in [0.2, 0.25) is 0 Å². The van der Waals surface area contributed by atoms with Crippen LogP contribution in [0, 0.1) is 0 Å². The van der Waals surface area contributed by atoms with Crippen LogP contribution in [0.1, 0.15) is 61.9 Å². The molecule has 0 amide bonds. The lowest BCUT2D eigenvalue weighted by atomic mass is 9.90. The van der Waals surface area contributed by atoms with Gasteiger partial charge in [0.25, 0.3) is 0 Å². The Balaban J connectivity index is 1.82. The predicted molar refractivity (Wildman–Crippen MR) is 72.6 cm³/mol. The maximum Gasteiger partial charge on any atom is 0.120 e. The molecule has 0 aliphatic heterocycles. The van der Waals surface area contributed by atoms with Gasteiger partial charge in [-0.25, -0.2) is 0 Å². The minimum atomic E-state index is 0.556. The highest BCUT2D eigenvalue weighted by Crippen LogP contribution is 2.33. The van der Waals surface area contributed by atoms with Crippen LogP contribution in [0.5, 0.6) is 0 Å². The molecule has 2 rings (SSSR count). The average Bonchev–Trinajstić information content (AvgIpc) is 2.78. The standard InChI is InChI=1S/C13H23N3S/c1-10(2)14-9-8-12-15-16-13(17-12)11-6-4-3-5-7-11/h10-11,14H,3-9H2,1-2H3. The summed E-state index contributed by atoms with van der Waals surface area (Å²) in [5.74, 6) is 0.702. The van der Waals surface area contributed by atoms with Gasteiger partial charge in [-0.15, -0.1) is 21.5 Å². The molecule has 4 heteroatoms. The van der Waals surface area contributed by atoms with Gasteiger partial charge in [-0.3, -0.25) is 0 Å². The highest BCUT2D eigenvalue weighted by molar-refractivity contribution is 7.11. The fourth-order valence-corrected chi connectivity index (χ4v) is 3.36. The lowest BCUT2D eigenvalue weighted by molar-refractivity contribution is 0.440. The predicted octanol–water partition coefficient (Wildman–Crippen LogP) is 3.13. The molecule has 0 unspecified atom stereocenters. The van der Waals surface area contributed by atoms with Gasteiger partial charge in [-0.2, -0.15) is 0 Å². The molecule has 1 aromatic rings. The number of nitrogens with one attached hydrogen (secondary N) is 1. The Hall–Kier alpha value is -0.480. The Morgan fingerprint density at radius 3 is 2.71 bits per heavy atom. The van der Waals surface area contributed by atoms with Crippen LogP contribution >= 0.6 is 11.3 Å². The van der Waals surface area contributed by atoms with Crippen molar-refractivity contribution in [1.29, 1.82) is 0 Å². The Bertz CT molecular complexity index is 329. The van der Waals surface area contributed by atoms with E-state index >= 15 is 0 Å². The lowest BCUT2D eigenvalue weighted by Gasteiger charge is -2.18. The summed E-state index contributed by atoms with van der Waals surface area (Å²) in [6, 6.07) is 0.556. The normalized spacial score (nSPS) is 17.8. The monoisotopic (exact) mass is 253 g/mol. The van der Waals surface area contributed by atoms with Gasteiger partial charge >= 0.3 is 0 Å². The van der Waals surface area contributed by atoms with E-state index < -0.39 is 0 Å². The number of aromatic nitrogens is 2. The molecule has 0 atom stereocenters. The van der Waals surface area contributed by atoms with Gasteiger partial charge in [0.05, 0.1) is 0 Å². The van der Waals surface area contributed by atoms with Gasteiger partial charge in [0, 0.05) is 24.9 Å². The molecule has 1 saturated carbocycles. The van der Waals surface area contributed by atoms with Crippen LogP contribution in [-0.4, -0.2) is 22.8 Å². The van der Waals surface area contributed by atoms with Crippen molar-refractivity contribution in [2.24, 2.45) is 0 Å². The van der Waals surface area contributed by atoms with Gasteiger partial charge < -0.3 is 5.32 Å². The summed E-state index contributed by atoms with van der Waals surface area (Å²) < 4.78 is 0. The number of rotatable bonds is 5. The first-order valence-electron chi connectivity index (χ1n) is 6.81. The molecule has 1 N–H and O–H groups in total. The average molecular weight is 253 g/mol. The van der Waals surface area contributed by atoms with E-state index in [4.69, 9.17) is 0 Å². The molecule has 0 spiro atoms. The highest BCUT2D eigenvalue weighted by Gasteiger charge is 2.19. The van der Waals surface area contributed by atoms with Crippen molar-refractivity contribution in [3.63, 3.8) is 0 Å². The third-order valence-electron chi connectivity index (χ3n) is 3.33.